The lowest BCUT2D eigenvalue weighted by Gasteiger charge is -2.12. The minimum Gasteiger partial charge on any atom is -0.340 e. The summed E-state index contributed by atoms with van der Waals surface area (Å²) >= 11 is 0. The quantitative estimate of drug-likeness (QED) is 0.597. The van der Waals surface area contributed by atoms with Crippen molar-refractivity contribution >= 4 is 12.3 Å². The molecule has 92 valence electrons. The van der Waals surface area contributed by atoms with Gasteiger partial charge in [-0.15, -0.1) is 0 Å². The predicted octanol–water partition coefficient (Wildman–Crippen LogP) is 2.54. The number of rotatable bonds is 8. The lowest BCUT2D eigenvalue weighted by atomic mass is 10.1. The number of hydrogen-bond donors (Lipinski definition) is 0. The molecule has 0 fully saturated rings. The average Bonchev–Trinajstić information content (AvgIpc) is 2.76. The third-order valence-corrected chi connectivity index (χ3v) is 2.61. The van der Waals surface area contributed by atoms with Crippen molar-refractivity contribution < 1.29 is 9.63 Å². The Bertz CT molecular complexity index is 229. The number of hydrogen-bond acceptors (Lipinski definition) is 4. The molecule has 0 aromatic heterocycles. The molecule has 0 bridgehead atoms. The van der Waals surface area contributed by atoms with Crippen LogP contribution >= 0.6 is 0 Å². The molecule has 0 aliphatic carbocycles. The molecule has 16 heavy (non-hydrogen) atoms. The molecule has 0 aromatic rings. The molecule has 0 radical (unpaired) electrons. The fourth-order valence-electron chi connectivity index (χ4n) is 1.66. The molecule has 0 atom stereocenters. The molecule has 1 aliphatic rings. The van der Waals surface area contributed by atoms with Gasteiger partial charge >= 0.3 is 5.97 Å². The van der Waals surface area contributed by atoms with E-state index in [0.29, 0.717) is 13.0 Å². The predicted molar refractivity (Wildman–Crippen MR) is 64.2 cm³/mol. The maximum atomic E-state index is 11.4. The van der Waals surface area contributed by atoms with E-state index in [2.05, 4.69) is 11.9 Å². The highest BCUT2D eigenvalue weighted by Crippen LogP contribution is 2.08. The molecule has 1 rings (SSSR count). The van der Waals surface area contributed by atoms with Crippen LogP contribution in [0.2, 0.25) is 0 Å². The first kappa shape index (κ1) is 13.0. The summed E-state index contributed by atoms with van der Waals surface area (Å²) in [6.07, 6.45) is 9.24. The maximum absolute atomic E-state index is 11.4. The van der Waals surface area contributed by atoms with E-state index >= 15 is 0 Å². The lowest BCUT2D eigenvalue weighted by molar-refractivity contribution is -0.170. The van der Waals surface area contributed by atoms with Gasteiger partial charge in [0, 0.05) is 6.42 Å². The highest BCUT2D eigenvalue weighted by Gasteiger charge is 2.11. The van der Waals surface area contributed by atoms with E-state index in [1.54, 1.807) is 6.34 Å². The van der Waals surface area contributed by atoms with Gasteiger partial charge in [0.2, 0.25) is 0 Å². The van der Waals surface area contributed by atoms with Crippen LogP contribution in [-0.4, -0.2) is 30.5 Å². The number of aliphatic imine (C=N–C) groups is 1. The third-order valence-electron chi connectivity index (χ3n) is 2.61. The Hall–Kier alpha value is -1.06. The van der Waals surface area contributed by atoms with E-state index in [9.17, 15) is 4.79 Å². The first-order valence-electron chi connectivity index (χ1n) is 6.30. The van der Waals surface area contributed by atoms with E-state index in [0.717, 1.165) is 19.4 Å². The van der Waals surface area contributed by atoms with E-state index in [1.807, 2.05) is 0 Å². The summed E-state index contributed by atoms with van der Waals surface area (Å²) in [5, 5.41) is 1.51. The average molecular weight is 226 g/mol. The number of carbonyl (C=O) groups is 1. The van der Waals surface area contributed by atoms with E-state index in [4.69, 9.17) is 4.84 Å². The zero-order chi connectivity index (χ0) is 11.6. The first-order chi connectivity index (χ1) is 7.83. The number of hydroxylamine groups is 2. The molecule has 0 spiro atoms. The molecule has 4 nitrogen and oxygen atoms in total. The first-order valence-corrected chi connectivity index (χ1v) is 6.30. The van der Waals surface area contributed by atoms with Crippen molar-refractivity contribution in [3.05, 3.63) is 0 Å². The zero-order valence-corrected chi connectivity index (χ0v) is 10.2. The smallest absolute Gasteiger partial charge is 0.332 e. The van der Waals surface area contributed by atoms with Crippen molar-refractivity contribution in [2.75, 3.05) is 13.1 Å². The Morgan fingerprint density at radius 3 is 2.75 bits per heavy atom. The molecule has 0 saturated heterocycles. The highest BCUT2D eigenvalue weighted by atomic mass is 16.7. The minimum absolute atomic E-state index is 0.135. The van der Waals surface area contributed by atoms with Crippen molar-refractivity contribution in [2.45, 2.75) is 51.9 Å². The lowest BCUT2D eigenvalue weighted by Crippen LogP contribution is -2.24. The van der Waals surface area contributed by atoms with Gasteiger partial charge < -0.3 is 4.84 Å². The monoisotopic (exact) mass is 226 g/mol. The third kappa shape index (κ3) is 5.73. The highest BCUT2D eigenvalue weighted by molar-refractivity contribution is 5.70. The van der Waals surface area contributed by atoms with Gasteiger partial charge in [-0.2, -0.15) is 5.06 Å². The molecule has 4 heteroatoms. The molecule has 0 amide bonds. The maximum Gasteiger partial charge on any atom is 0.332 e. The second-order valence-corrected chi connectivity index (χ2v) is 4.14. The van der Waals surface area contributed by atoms with E-state index in [-0.39, 0.29) is 5.97 Å². The summed E-state index contributed by atoms with van der Waals surface area (Å²) in [6, 6.07) is 0. The van der Waals surface area contributed by atoms with E-state index in [1.165, 1.54) is 30.7 Å². The van der Waals surface area contributed by atoms with Gasteiger partial charge in [-0.1, -0.05) is 39.0 Å². The molecule has 1 heterocycles. The van der Waals surface area contributed by atoms with Crippen LogP contribution in [0.4, 0.5) is 0 Å². The standard InChI is InChI=1S/C12H22N2O2/c1-2-3-4-5-6-7-8-12(15)16-14-10-9-13-11-14/h11H,2-10H2,1H3. The van der Waals surface area contributed by atoms with Gasteiger partial charge in [0.1, 0.15) is 6.34 Å². The Balaban J connectivity index is 1.91. The van der Waals surface area contributed by atoms with Crippen molar-refractivity contribution in [3.8, 4) is 0 Å². The molecular weight excluding hydrogens is 204 g/mol. The van der Waals surface area contributed by atoms with E-state index < -0.39 is 0 Å². The van der Waals surface area contributed by atoms with Crippen LogP contribution in [0.3, 0.4) is 0 Å². The SMILES string of the molecule is CCCCCCCCC(=O)ON1C=NCC1. The van der Waals surface area contributed by atoms with Crippen molar-refractivity contribution in [1.29, 1.82) is 0 Å². The van der Waals surface area contributed by atoms with Gasteiger partial charge in [0.05, 0.1) is 13.1 Å². The van der Waals surface area contributed by atoms with Crippen LogP contribution in [0.1, 0.15) is 51.9 Å². The minimum atomic E-state index is -0.135. The summed E-state index contributed by atoms with van der Waals surface area (Å²) in [4.78, 5) is 20.4. The van der Waals surface area contributed by atoms with Crippen LogP contribution in [0, 0.1) is 0 Å². The second-order valence-electron chi connectivity index (χ2n) is 4.14. The fourth-order valence-corrected chi connectivity index (χ4v) is 1.66. The molecule has 0 unspecified atom stereocenters. The van der Waals surface area contributed by atoms with Crippen LogP contribution in [0.15, 0.2) is 4.99 Å². The molecule has 0 saturated carbocycles. The summed E-state index contributed by atoms with van der Waals surface area (Å²) in [5.41, 5.74) is 0. The van der Waals surface area contributed by atoms with Crippen molar-refractivity contribution in [2.24, 2.45) is 4.99 Å². The second kappa shape index (κ2) is 8.13. The van der Waals surface area contributed by atoms with Crippen LogP contribution in [-0.2, 0) is 9.63 Å². The molecule has 1 aliphatic heterocycles. The van der Waals surface area contributed by atoms with Gasteiger partial charge in [0.25, 0.3) is 0 Å². The van der Waals surface area contributed by atoms with Gasteiger partial charge in [-0.3, -0.25) is 4.99 Å². The van der Waals surface area contributed by atoms with Gasteiger partial charge in [-0.25, -0.2) is 4.79 Å². The Morgan fingerprint density at radius 1 is 1.31 bits per heavy atom. The van der Waals surface area contributed by atoms with Gasteiger partial charge in [0.15, 0.2) is 0 Å². The van der Waals surface area contributed by atoms with Crippen LogP contribution in [0.5, 0.6) is 0 Å². The van der Waals surface area contributed by atoms with Gasteiger partial charge in [-0.05, 0) is 6.42 Å². The Labute approximate surface area is 97.6 Å². The Morgan fingerprint density at radius 2 is 2.06 bits per heavy atom. The number of unbranched alkanes of at least 4 members (excludes halogenated alkanes) is 5. The summed E-state index contributed by atoms with van der Waals surface area (Å²) in [6.45, 7) is 3.63. The molecule has 0 N–H and O–H groups in total. The van der Waals surface area contributed by atoms with Crippen LogP contribution < -0.4 is 0 Å². The summed E-state index contributed by atoms with van der Waals surface area (Å²) in [5.74, 6) is -0.135. The fraction of sp³-hybridized carbons (Fsp3) is 0.833. The summed E-state index contributed by atoms with van der Waals surface area (Å²) < 4.78 is 0. The Kier molecular flexibility index (Phi) is 6.61. The summed E-state index contributed by atoms with van der Waals surface area (Å²) in [7, 11) is 0. The van der Waals surface area contributed by atoms with Crippen molar-refractivity contribution in [3.63, 3.8) is 0 Å². The topological polar surface area (TPSA) is 41.9 Å². The normalized spacial score (nSPS) is 14.4. The zero-order valence-electron chi connectivity index (χ0n) is 10.2. The number of carbonyl (C=O) groups excluding carboxylic acids is 1. The molecular formula is C12H22N2O2. The largest absolute Gasteiger partial charge is 0.340 e. The number of nitrogens with zero attached hydrogens (tertiary/aromatic N) is 2. The van der Waals surface area contributed by atoms with Crippen molar-refractivity contribution in [1.82, 2.24) is 5.06 Å². The van der Waals surface area contributed by atoms with Crippen LogP contribution in [0.25, 0.3) is 0 Å². The molecule has 0 aromatic carbocycles.